The fraction of sp³-hybridized carbons (Fsp3) is 0.700. The molecule has 3 nitrogen and oxygen atoms in total. The lowest BCUT2D eigenvalue weighted by atomic mass is 10.2. The van der Waals surface area contributed by atoms with Crippen LogP contribution in [-0.4, -0.2) is 29.4 Å². The van der Waals surface area contributed by atoms with Crippen LogP contribution in [0, 0.1) is 0 Å². The van der Waals surface area contributed by atoms with Gasteiger partial charge in [-0.2, -0.15) is 0 Å². The van der Waals surface area contributed by atoms with Crippen molar-refractivity contribution < 1.29 is 4.79 Å². The van der Waals surface area contributed by atoms with Gasteiger partial charge in [-0.25, -0.2) is 0 Å². The smallest absolute Gasteiger partial charge is 0.246 e. The molecule has 0 unspecified atom stereocenters. The van der Waals surface area contributed by atoms with Crippen LogP contribution in [-0.2, 0) is 4.79 Å². The zero-order valence-corrected chi connectivity index (χ0v) is 8.95. The number of rotatable bonds is 4. The van der Waals surface area contributed by atoms with Crippen molar-refractivity contribution >= 4 is 5.91 Å². The van der Waals surface area contributed by atoms with Gasteiger partial charge in [0.1, 0.15) is 0 Å². The number of nitrogens with two attached hydrogens (primary N) is 1. The maximum absolute atomic E-state index is 11.6. The van der Waals surface area contributed by atoms with Gasteiger partial charge in [0.15, 0.2) is 0 Å². The Morgan fingerprint density at radius 3 is 2.08 bits per heavy atom. The molecule has 0 aliphatic rings. The van der Waals surface area contributed by atoms with Crippen molar-refractivity contribution in [3.63, 3.8) is 0 Å². The number of carbonyl (C=O) groups is 1. The van der Waals surface area contributed by atoms with Crippen LogP contribution in [0.5, 0.6) is 0 Å². The van der Waals surface area contributed by atoms with Crippen molar-refractivity contribution in [3.05, 3.63) is 12.2 Å². The van der Waals surface area contributed by atoms with Gasteiger partial charge in [-0.15, -0.1) is 0 Å². The maximum atomic E-state index is 11.6. The molecule has 0 aliphatic heterocycles. The average Bonchev–Trinajstić information content (AvgIpc) is 1.99. The first-order chi connectivity index (χ1) is 6.00. The Morgan fingerprint density at radius 2 is 1.77 bits per heavy atom. The summed E-state index contributed by atoms with van der Waals surface area (Å²) < 4.78 is 0. The molecule has 0 aromatic heterocycles. The van der Waals surface area contributed by atoms with Gasteiger partial charge in [0.2, 0.25) is 5.91 Å². The van der Waals surface area contributed by atoms with E-state index in [9.17, 15) is 4.79 Å². The minimum absolute atomic E-state index is 0.0375. The highest BCUT2D eigenvalue weighted by molar-refractivity contribution is 5.88. The topological polar surface area (TPSA) is 46.3 Å². The third kappa shape index (κ3) is 4.08. The molecule has 3 heteroatoms. The van der Waals surface area contributed by atoms with E-state index in [0.717, 1.165) is 0 Å². The molecule has 0 atom stereocenters. The summed E-state index contributed by atoms with van der Waals surface area (Å²) in [5.41, 5.74) is 5.27. The lowest BCUT2D eigenvalue weighted by Crippen LogP contribution is -2.41. The van der Waals surface area contributed by atoms with Gasteiger partial charge in [-0.3, -0.25) is 4.79 Å². The first kappa shape index (κ1) is 12.2. The van der Waals surface area contributed by atoms with E-state index in [4.69, 9.17) is 5.73 Å². The van der Waals surface area contributed by atoms with Crippen molar-refractivity contribution in [2.45, 2.75) is 39.8 Å². The second-order valence-electron chi connectivity index (χ2n) is 3.57. The van der Waals surface area contributed by atoms with Crippen molar-refractivity contribution in [1.29, 1.82) is 0 Å². The molecule has 0 rings (SSSR count). The van der Waals surface area contributed by atoms with Crippen molar-refractivity contribution in [2.75, 3.05) is 6.54 Å². The monoisotopic (exact) mass is 184 g/mol. The highest BCUT2D eigenvalue weighted by Gasteiger charge is 2.16. The van der Waals surface area contributed by atoms with E-state index in [1.807, 2.05) is 32.6 Å². The van der Waals surface area contributed by atoms with Gasteiger partial charge in [-0.05, 0) is 27.7 Å². The second kappa shape index (κ2) is 5.75. The SMILES string of the molecule is CC(C)N(C(=O)/C=C/CN)C(C)C. The summed E-state index contributed by atoms with van der Waals surface area (Å²) in [6.07, 6.45) is 3.22. The Morgan fingerprint density at radius 1 is 1.31 bits per heavy atom. The van der Waals surface area contributed by atoms with Crippen LogP contribution < -0.4 is 5.73 Å². The first-order valence-electron chi connectivity index (χ1n) is 4.69. The van der Waals surface area contributed by atoms with Crippen LogP contribution in [0.2, 0.25) is 0 Å². The summed E-state index contributed by atoms with van der Waals surface area (Å²) >= 11 is 0. The minimum atomic E-state index is 0.0375. The fourth-order valence-electron chi connectivity index (χ4n) is 1.36. The fourth-order valence-corrected chi connectivity index (χ4v) is 1.36. The van der Waals surface area contributed by atoms with Crippen LogP contribution in [0.4, 0.5) is 0 Å². The normalized spacial score (nSPS) is 11.6. The Kier molecular flexibility index (Phi) is 5.39. The zero-order chi connectivity index (χ0) is 10.4. The molecule has 13 heavy (non-hydrogen) atoms. The molecule has 0 spiro atoms. The summed E-state index contributed by atoms with van der Waals surface area (Å²) in [6.45, 7) is 8.44. The van der Waals surface area contributed by atoms with E-state index in [1.165, 1.54) is 0 Å². The van der Waals surface area contributed by atoms with Crippen LogP contribution in [0.3, 0.4) is 0 Å². The minimum Gasteiger partial charge on any atom is -0.334 e. The highest BCUT2D eigenvalue weighted by atomic mass is 16.2. The zero-order valence-electron chi connectivity index (χ0n) is 8.95. The number of carbonyl (C=O) groups excluding carboxylic acids is 1. The molecule has 0 aliphatic carbocycles. The summed E-state index contributed by atoms with van der Waals surface area (Å²) in [6, 6.07) is 0.463. The molecule has 0 aromatic carbocycles. The summed E-state index contributed by atoms with van der Waals surface area (Å²) in [5.74, 6) is 0.0375. The van der Waals surface area contributed by atoms with E-state index < -0.39 is 0 Å². The number of hydrogen-bond donors (Lipinski definition) is 1. The molecule has 0 saturated carbocycles. The molecule has 0 bridgehead atoms. The molecule has 76 valence electrons. The molecule has 0 saturated heterocycles. The van der Waals surface area contributed by atoms with Gasteiger partial charge < -0.3 is 10.6 Å². The third-order valence-electron chi connectivity index (χ3n) is 1.76. The van der Waals surface area contributed by atoms with Crippen molar-refractivity contribution in [1.82, 2.24) is 4.90 Å². The van der Waals surface area contributed by atoms with Gasteiger partial charge in [-0.1, -0.05) is 6.08 Å². The first-order valence-corrected chi connectivity index (χ1v) is 4.69. The van der Waals surface area contributed by atoms with Gasteiger partial charge in [0, 0.05) is 24.7 Å². The van der Waals surface area contributed by atoms with E-state index >= 15 is 0 Å². The second-order valence-corrected chi connectivity index (χ2v) is 3.57. The molecule has 0 fully saturated rings. The Balaban J connectivity index is 4.38. The van der Waals surface area contributed by atoms with E-state index in [1.54, 1.807) is 12.2 Å². The Bertz CT molecular complexity index is 177. The molecular formula is C10H20N2O. The highest BCUT2D eigenvalue weighted by Crippen LogP contribution is 2.05. The van der Waals surface area contributed by atoms with Crippen LogP contribution >= 0.6 is 0 Å². The molecule has 0 radical (unpaired) electrons. The number of amides is 1. The molecular weight excluding hydrogens is 164 g/mol. The number of hydrogen-bond acceptors (Lipinski definition) is 2. The average molecular weight is 184 g/mol. The van der Waals surface area contributed by atoms with Crippen molar-refractivity contribution in [2.24, 2.45) is 5.73 Å². The van der Waals surface area contributed by atoms with Gasteiger partial charge in [0.05, 0.1) is 0 Å². The summed E-state index contributed by atoms with van der Waals surface area (Å²) in [5, 5.41) is 0. The summed E-state index contributed by atoms with van der Waals surface area (Å²) in [7, 11) is 0. The summed E-state index contributed by atoms with van der Waals surface area (Å²) in [4.78, 5) is 13.4. The van der Waals surface area contributed by atoms with Crippen LogP contribution in [0.1, 0.15) is 27.7 Å². The predicted molar refractivity (Wildman–Crippen MR) is 55.3 cm³/mol. The van der Waals surface area contributed by atoms with E-state index in [0.29, 0.717) is 6.54 Å². The van der Waals surface area contributed by atoms with Gasteiger partial charge >= 0.3 is 0 Å². The predicted octanol–water partition coefficient (Wildman–Crippen LogP) is 1.15. The molecule has 0 aromatic rings. The maximum Gasteiger partial charge on any atom is 0.246 e. The Labute approximate surface area is 80.6 Å². The van der Waals surface area contributed by atoms with Gasteiger partial charge in [0.25, 0.3) is 0 Å². The third-order valence-corrected chi connectivity index (χ3v) is 1.76. The molecule has 1 amide bonds. The standard InChI is InChI=1S/C10H20N2O/c1-8(2)12(9(3)4)10(13)6-5-7-11/h5-6,8-9H,7,11H2,1-4H3/b6-5+. The van der Waals surface area contributed by atoms with Crippen LogP contribution in [0.25, 0.3) is 0 Å². The lowest BCUT2D eigenvalue weighted by Gasteiger charge is -2.29. The van der Waals surface area contributed by atoms with E-state index in [2.05, 4.69) is 0 Å². The van der Waals surface area contributed by atoms with Crippen LogP contribution in [0.15, 0.2) is 12.2 Å². The lowest BCUT2D eigenvalue weighted by molar-refractivity contribution is -0.129. The molecule has 0 heterocycles. The van der Waals surface area contributed by atoms with E-state index in [-0.39, 0.29) is 18.0 Å². The number of nitrogens with zero attached hydrogens (tertiary/aromatic N) is 1. The Hall–Kier alpha value is -0.830. The quantitative estimate of drug-likeness (QED) is 0.666. The molecule has 2 N–H and O–H groups in total. The largest absolute Gasteiger partial charge is 0.334 e. The van der Waals surface area contributed by atoms with Crippen molar-refractivity contribution in [3.8, 4) is 0 Å².